The van der Waals surface area contributed by atoms with Gasteiger partial charge in [-0.2, -0.15) is 5.26 Å². The summed E-state index contributed by atoms with van der Waals surface area (Å²) < 4.78 is 5.93. The highest BCUT2D eigenvalue weighted by atomic mass is 127. The summed E-state index contributed by atoms with van der Waals surface area (Å²) in [6.07, 6.45) is 0. The second-order valence-corrected chi connectivity index (χ2v) is 3.82. The van der Waals surface area contributed by atoms with Crippen LogP contribution in [0.2, 0.25) is 0 Å². The molecule has 1 aromatic carbocycles. The summed E-state index contributed by atoms with van der Waals surface area (Å²) in [5.74, 6) is 1.06. The zero-order valence-corrected chi connectivity index (χ0v) is 9.89. The molecular formula is C9H7ClINO. The fourth-order valence-electron chi connectivity index (χ4n) is 0.984. The highest BCUT2D eigenvalue weighted by Gasteiger charge is 2.07. The van der Waals surface area contributed by atoms with Gasteiger partial charge >= 0.3 is 0 Å². The molecule has 0 atom stereocenters. The summed E-state index contributed by atoms with van der Waals surface area (Å²) in [5, 5.41) is 8.84. The van der Waals surface area contributed by atoms with Gasteiger partial charge in [0.1, 0.15) is 11.8 Å². The maximum Gasteiger partial charge on any atom is 0.120 e. The van der Waals surface area contributed by atoms with Crippen LogP contribution >= 0.6 is 34.2 Å². The summed E-state index contributed by atoms with van der Waals surface area (Å²) in [6.45, 7) is 0. The molecule has 0 bridgehead atoms. The largest absolute Gasteiger partial charge is 0.497 e. The van der Waals surface area contributed by atoms with Gasteiger partial charge in [0, 0.05) is 9.45 Å². The van der Waals surface area contributed by atoms with Crippen molar-refractivity contribution in [2.45, 2.75) is 5.88 Å². The molecule has 0 aromatic heterocycles. The van der Waals surface area contributed by atoms with Gasteiger partial charge in [-0.1, -0.05) is 0 Å². The van der Waals surface area contributed by atoms with E-state index < -0.39 is 0 Å². The Hall–Kier alpha value is -0.470. The molecule has 68 valence electrons. The summed E-state index contributed by atoms with van der Waals surface area (Å²) in [5.41, 5.74) is 1.45. The average molecular weight is 308 g/mol. The van der Waals surface area contributed by atoms with Crippen molar-refractivity contribution in [2.75, 3.05) is 7.11 Å². The molecule has 0 aliphatic heterocycles. The van der Waals surface area contributed by atoms with E-state index in [0.29, 0.717) is 11.4 Å². The van der Waals surface area contributed by atoms with Crippen molar-refractivity contribution < 1.29 is 4.74 Å². The lowest BCUT2D eigenvalue weighted by molar-refractivity contribution is 0.414. The Balaban J connectivity index is 3.31. The van der Waals surface area contributed by atoms with Crippen LogP contribution in [0.5, 0.6) is 5.75 Å². The number of nitrogens with zero attached hydrogens (tertiary/aromatic N) is 1. The van der Waals surface area contributed by atoms with Crippen LogP contribution in [0.4, 0.5) is 0 Å². The Bertz CT molecular complexity index is 359. The monoisotopic (exact) mass is 307 g/mol. The van der Waals surface area contributed by atoms with E-state index >= 15 is 0 Å². The molecule has 4 heteroatoms. The molecule has 13 heavy (non-hydrogen) atoms. The van der Waals surface area contributed by atoms with Crippen molar-refractivity contribution >= 4 is 34.2 Å². The SMILES string of the molecule is COc1cc(I)c(C#N)c(CCl)c1. The smallest absolute Gasteiger partial charge is 0.120 e. The molecule has 2 nitrogen and oxygen atoms in total. The normalized spacial score (nSPS) is 9.38. The highest BCUT2D eigenvalue weighted by molar-refractivity contribution is 14.1. The van der Waals surface area contributed by atoms with Gasteiger partial charge in [0.25, 0.3) is 0 Å². The number of nitriles is 1. The third kappa shape index (κ3) is 2.26. The van der Waals surface area contributed by atoms with Crippen LogP contribution in [0.3, 0.4) is 0 Å². The first-order valence-corrected chi connectivity index (χ1v) is 5.16. The molecule has 0 amide bonds. The summed E-state index contributed by atoms with van der Waals surface area (Å²) in [6, 6.07) is 5.72. The lowest BCUT2D eigenvalue weighted by atomic mass is 10.1. The number of rotatable bonds is 2. The van der Waals surface area contributed by atoms with Crippen molar-refractivity contribution in [2.24, 2.45) is 0 Å². The van der Waals surface area contributed by atoms with Crippen molar-refractivity contribution in [1.82, 2.24) is 0 Å². The molecule has 0 N–H and O–H groups in total. The van der Waals surface area contributed by atoms with Gasteiger partial charge in [-0.25, -0.2) is 0 Å². The summed E-state index contributed by atoms with van der Waals surface area (Å²) in [4.78, 5) is 0. The van der Waals surface area contributed by atoms with Crippen LogP contribution in [-0.2, 0) is 5.88 Å². The molecule has 1 aromatic rings. The number of methoxy groups -OCH3 is 1. The molecule has 0 unspecified atom stereocenters. The predicted octanol–water partition coefficient (Wildman–Crippen LogP) is 2.91. The van der Waals surface area contributed by atoms with Crippen LogP contribution in [0, 0.1) is 14.9 Å². The van der Waals surface area contributed by atoms with Crippen LogP contribution < -0.4 is 4.74 Å². The maximum absolute atomic E-state index is 8.84. The standard InChI is InChI=1S/C9H7ClINO/c1-13-7-2-6(4-10)8(5-12)9(11)3-7/h2-3H,4H2,1H3. The minimum Gasteiger partial charge on any atom is -0.497 e. The van der Waals surface area contributed by atoms with Crippen LogP contribution in [-0.4, -0.2) is 7.11 Å². The third-order valence-electron chi connectivity index (χ3n) is 1.64. The molecule has 0 saturated heterocycles. The number of ether oxygens (including phenoxy) is 1. The van der Waals surface area contributed by atoms with Gasteiger partial charge in [-0.3, -0.25) is 0 Å². The van der Waals surface area contributed by atoms with Gasteiger partial charge < -0.3 is 4.74 Å². The van der Waals surface area contributed by atoms with E-state index in [4.69, 9.17) is 21.6 Å². The summed E-state index contributed by atoms with van der Waals surface area (Å²) in [7, 11) is 1.59. The highest BCUT2D eigenvalue weighted by Crippen LogP contribution is 2.24. The van der Waals surface area contributed by atoms with Gasteiger partial charge in [-0.15, -0.1) is 11.6 Å². The van der Waals surface area contributed by atoms with Crippen LogP contribution in [0.15, 0.2) is 12.1 Å². The minimum absolute atomic E-state index is 0.329. The van der Waals surface area contributed by atoms with E-state index in [9.17, 15) is 0 Å². The molecule has 0 saturated carbocycles. The Kier molecular flexibility index (Phi) is 3.82. The van der Waals surface area contributed by atoms with E-state index in [1.54, 1.807) is 13.2 Å². The number of hydrogen-bond donors (Lipinski definition) is 0. The van der Waals surface area contributed by atoms with E-state index in [1.807, 2.05) is 6.07 Å². The topological polar surface area (TPSA) is 33.0 Å². The van der Waals surface area contributed by atoms with Crippen molar-refractivity contribution in [3.05, 3.63) is 26.8 Å². The lowest BCUT2D eigenvalue weighted by Gasteiger charge is -2.05. The van der Waals surface area contributed by atoms with Crippen LogP contribution in [0.1, 0.15) is 11.1 Å². The molecule has 0 fully saturated rings. The number of alkyl halides is 1. The molecule has 0 radical (unpaired) electrons. The van der Waals surface area contributed by atoms with Gasteiger partial charge in [0.15, 0.2) is 0 Å². The Morgan fingerprint density at radius 3 is 2.77 bits per heavy atom. The lowest BCUT2D eigenvalue weighted by Crippen LogP contribution is -1.93. The molecule has 0 aliphatic rings. The predicted molar refractivity (Wildman–Crippen MR) is 60.0 cm³/mol. The molecular weight excluding hydrogens is 300 g/mol. The molecule has 0 heterocycles. The van der Waals surface area contributed by atoms with Crippen molar-refractivity contribution in [3.8, 4) is 11.8 Å². The quantitative estimate of drug-likeness (QED) is 0.622. The first kappa shape index (κ1) is 10.6. The number of benzene rings is 1. The maximum atomic E-state index is 8.84. The molecule has 0 spiro atoms. The van der Waals surface area contributed by atoms with E-state index in [-0.39, 0.29) is 0 Å². The first-order valence-electron chi connectivity index (χ1n) is 3.55. The zero-order chi connectivity index (χ0) is 9.84. The molecule has 1 rings (SSSR count). The summed E-state index contributed by atoms with van der Waals surface area (Å²) >= 11 is 7.80. The minimum atomic E-state index is 0.329. The van der Waals surface area contributed by atoms with Crippen LogP contribution in [0.25, 0.3) is 0 Å². The fourth-order valence-corrected chi connectivity index (χ4v) is 1.97. The second-order valence-electron chi connectivity index (χ2n) is 2.39. The second kappa shape index (κ2) is 4.68. The number of halogens is 2. The van der Waals surface area contributed by atoms with E-state index in [0.717, 1.165) is 14.9 Å². The Morgan fingerprint density at radius 1 is 1.62 bits per heavy atom. The fraction of sp³-hybridized carbons (Fsp3) is 0.222. The van der Waals surface area contributed by atoms with Crippen molar-refractivity contribution in [1.29, 1.82) is 5.26 Å². The Labute approximate surface area is 95.6 Å². The van der Waals surface area contributed by atoms with Gasteiger partial charge in [-0.05, 0) is 40.3 Å². The third-order valence-corrected chi connectivity index (χ3v) is 2.78. The van der Waals surface area contributed by atoms with Gasteiger partial charge in [0.05, 0.1) is 12.7 Å². The zero-order valence-electron chi connectivity index (χ0n) is 6.97. The van der Waals surface area contributed by atoms with E-state index in [2.05, 4.69) is 28.7 Å². The van der Waals surface area contributed by atoms with Crippen molar-refractivity contribution in [3.63, 3.8) is 0 Å². The number of hydrogen-bond acceptors (Lipinski definition) is 2. The van der Waals surface area contributed by atoms with E-state index in [1.165, 1.54) is 0 Å². The van der Waals surface area contributed by atoms with Gasteiger partial charge in [0.2, 0.25) is 0 Å². The molecule has 0 aliphatic carbocycles. The first-order chi connectivity index (χ1) is 6.22. The Morgan fingerprint density at radius 2 is 2.31 bits per heavy atom. The average Bonchev–Trinajstić information content (AvgIpc) is 2.16.